The first kappa shape index (κ1) is 15.1. The summed E-state index contributed by atoms with van der Waals surface area (Å²) >= 11 is 1.78. The highest BCUT2D eigenvalue weighted by Gasteiger charge is 2.07. The summed E-state index contributed by atoms with van der Waals surface area (Å²) in [5.41, 5.74) is 7.03. The zero-order chi connectivity index (χ0) is 14.2. The van der Waals surface area contributed by atoms with Crippen molar-refractivity contribution >= 4 is 11.8 Å². The van der Waals surface area contributed by atoms with Gasteiger partial charge >= 0.3 is 0 Å². The van der Waals surface area contributed by atoms with Crippen molar-refractivity contribution in [3.63, 3.8) is 0 Å². The predicted molar refractivity (Wildman–Crippen MR) is 83.9 cm³/mol. The van der Waals surface area contributed by atoms with Gasteiger partial charge in [0, 0.05) is 18.8 Å². The van der Waals surface area contributed by atoms with Crippen LogP contribution < -0.4 is 5.73 Å². The second-order valence-corrected chi connectivity index (χ2v) is 5.82. The van der Waals surface area contributed by atoms with Gasteiger partial charge in [-0.1, -0.05) is 42.1 Å². The van der Waals surface area contributed by atoms with E-state index in [1.54, 1.807) is 11.8 Å². The molecule has 0 saturated heterocycles. The quantitative estimate of drug-likeness (QED) is 0.600. The number of unbranched alkanes of at least 4 members (excludes halogenated alkanes) is 1. The van der Waals surface area contributed by atoms with E-state index in [0.717, 1.165) is 29.7 Å². The van der Waals surface area contributed by atoms with Gasteiger partial charge in [-0.2, -0.15) is 0 Å². The van der Waals surface area contributed by atoms with Crippen LogP contribution in [0.15, 0.2) is 35.5 Å². The first-order chi connectivity index (χ1) is 9.81. The zero-order valence-electron chi connectivity index (χ0n) is 12.0. The molecule has 20 heavy (non-hydrogen) atoms. The molecule has 5 heteroatoms. The highest BCUT2D eigenvalue weighted by molar-refractivity contribution is 7.99. The van der Waals surface area contributed by atoms with E-state index in [1.165, 1.54) is 18.4 Å². The zero-order valence-corrected chi connectivity index (χ0v) is 12.8. The Hall–Kier alpha value is -1.33. The van der Waals surface area contributed by atoms with Crippen molar-refractivity contribution in [1.82, 2.24) is 14.8 Å². The van der Waals surface area contributed by atoms with E-state index >= 15 is 0 Å². The summed E-state index contributed by atoms with van der Waals surface area (Å²) in [6, 6.07) is 10.6. The number of nitrogens with two attached hydrogens (primary N) is 1. The number of hydrogen-bond donors (Lipinski definition) is 1. The van der Waals surface area contributed by atoms with Gasteiger partial charge in [0.1, 0.15) is 5.82 Å². The van der Waals surface area contributed by atoms with Gasteiger partial charge < -0.3 is 10.3 Å². The van der Waals surface area contributed by atoms with E-state index in [-0.39, 0.29) is 0 Å². The Kier molecular flexibility index (Phi) is 6.08. The summed E-state index contributed by atoms with van der Waals surface area (Å²) in [4.78, 5) is 0. The Labute approximate surface area is 124 Å². The lowest BCUT2D eigenvalue weighted by Crippen LogP contribution is -2.12. The van der Waals surface area contributed by atoms with Crippen molar-refractivity contribution in [3.8, 4) is 0 Å². The van der Waals surface area contributed by atoms with Crippen LogP contribution in [-0.4, -0.2) is 27.1 Å². The molecule has 0 atom stereocenters. The lowest BCUT2D eigenvalue weighted by Gasteiger charge is -2.06. The molecule has 1 aromatic carbocycles. The maximum Gasteiger partial charge on any atom is 0.191 e. The number of benzene rings is 1. The molecule has 4 nitrogen and oxygen atoms in total. The molecular weight excluding hydrogens is 268 g/mol. The summed E-state index contributed by atoms with van der Waals surface area (Å²) < 4.78 is 2.10. The molecule has 0 aliphatic rings. The van der Waals surface area contributed by atoms with Gasteiger partial charge in [-0.25, -0.2) is 0 Å². The van der Waals surface area contributed by atoms with E-state index in [2.05, 4.69) is 45.1 Å². The van der Waals surface area contributed by atoms with Gasteiger partial charge in [0.2, 0.25) is 0 Å². The third-order valence-corrected chi connectivity index (χ3v) is 4.24. The minimum Gasteiger partial charge on any atom is -0.329 e. The molecule has 108 valence electrons. The minimum absolute atomic E-state index is 0.625. The molecular formula is C15H22N4S. The molecule has 2 rings (SSSR count). The Bertz CT molecular complexity index is 510. The summed E-state index contributed by atoms with van der Waals surface area (Å²) in [5, 5.41) is 9.32. The average molecular weight is 290 g/mol. The van der Waals surface area contributed by atoms with Crippen LogP contribution in [0.25, 0.3) is 0 Å². The summed E-state index contributed by atoms with van der Waals surface area (Å²) in [5.74, 6) is 2.03. The van der Waals surface area contributed by atoms with Crippen molar-refractivity contribution in [2.75, 3.05) is 12.3 Å². The Morgan fingerprint density at radius 1 is 1.15 bits per heavy atom. The molecule has 1 aromatic heterocycles. The molecule has 2 aromatic rings. The molecule has 0 fully saturated rings. The fourth-order valence-electron chi connectivity index (χ4n) is 2.09. The Morgan fingerprint density at radius 2 is 1.95 bits per heavy atom. The van der Waals surface area contributed by atoms with Gasteiger partial charge in [-0.15, -0.1) is 10.2 Å². The lowest BCUT2D eigenvalue weighted by molar-refractivity contribution is 0.627. The maximum atomic E-state index is 5.61. The van der Waals surface area contributed by atoms with E-state index in [1.807, 2.05) is 6.92 Å². The molecule has 0 unspecified atom stereocenters. The molecule has 0 radical (unpaired) electrons. The molecule has 1 heterocycles. The maximum absolute atomic E-state index is 5.61. The van der Waals surface area contributed by atoms with Crippen molar-refractivity contribution in [1.29, 1.82) is 0 Å². The fraction of sp³-hybridized carbons (Fsp3) is 0.467. The molecule has 0 aliphatic heterocycles. The summed E-state index contributed by atoms with van der Waals surface area (Å²) in [7, 11) is 0. The number of nitrogens with zero attached hydrogens (tertiary/aromatic N) is 3. The predicted octanol–water partition coefficient (Wildman–Crippen LogP) is 2.66. The van der Waals surface area contributed by atoms with Crippen LogP contribution >= 0.6 is 11.8 Å². The Morgan fingerprint density at radius 3 is 2.70 bits per heavy atom. The minimum atomic E-state index is 0.625. The standard InChI is InChI=1S/C15H22N4S/c1-13-17-18-15(19(13)11-10-16)20-12-6-5-9-14-7-3-2-4-8-14/h2-4,7-8H,5-6,9-12,16H2,1H3. The van der Waals surface area contributed by atoms with Gasteiger partial charge in [0.15, 0.2) is 5.16 Å². The SMILES string of the molecule is Cc1nnc(SCCCCc2ccccc2)n1CCN. The highest BCUT2D eigenvalue weighted by atomic mass is 32.2. The van der Waals surface area contributed by atoms with Crippen molar-refractivity contribution in [2.24, 2.45) is 5.73 Å². The molecule has 0 aliphatic carbocycles. The second-order valence-electron chi connectivity index (χ2n) is 4.76. The molecule has 0 saturated carbocycles. The topological polar surface area (TPSA) is 56.7 Å². The number of aromatic nitrogens is 3. The van der Waals surface area contributed by atoms with Crippen LogP contribution in [0.4, 0.5) is 0 Å². The van der Waals surface area contributed by atoms with E-state index in [0.29, 0.717) is 6.54 Å². The molecule has 0 bridgehead atoms. The molecule has 0 spiro atoms. The summed E-state index contributed by atoms with van der Waals surface area (Å²) in [6.07, 6.45) is 3.55. The lowest BCUT2D eigenvalue weighted by atomic mass is 10.1. The van der Waals surface area contributed by atoms with Crippen LogP contribution in [0.2, 0.25) is 0 Å². The third-order valence-electron chi connectivity index (χ3n) is 3.19. The first-order valence-electron chi connectivity index (χ1n) is 7.08. The van der Waals surface area contributed by atoms with Crippen LogP contribution in [0, 0.1) is 6.92 Å². The normalized spacial score (nSPS) is 10.9. The first-order valence-corrected chi connectivity index (χ1v) is 8.06. The van der Waals surface area contributed by atoms with Crippen molar-refractivity contribution in [3.05, 3.63) is 41.7 Å². The monoisotopic (exact) mass is 290 g/mol. The van der Waals surface area contributed by atoms with E-state index in [9.17, 15) is 0 Å². The number of rotatable bonds is 8. The molecule has 2 N–H and O–H groups in total. The average Bonchev–Trinajstić information content (AvgIpc) is 2.81. The van der Waals surface area contributed by atoms with Crippen LogP contribution in [0.1, 0.15) is 24.2 Å². The number of thioether (sulfide) groups is 1. The van der Waals surface area contributed by atoms with Crippen LogP contribution in [0.5, 0.6) is 0 Å². The largest absolute Gasteiger partial charge is 0.329 e. The third kappa shape index (κ3) is 4.35. The van der Waals surface area contributed by atoms with Gasteiger partial charge in [-0.05, 0) is 31.7 Å². The fourth-order valence-corrected chi connectivity index (χ4v) is 3.10. The number of aryl methyl sites for hydroxylation is 2. The van der Waals surface area contributed by atoms with Gasteiger partial charge in [0.25, 0.3) is 0 Å². The van der Waals surface area contributed by atoms with Gasteiger partial charge in [0.05, 0.1) is 0 Å². The smallest absolute Gasteiger partial charge is 0.191 e. The highest BCUT2D eigenvalue weighted by Crippen LogP contribution is 2.18. The van der Waals surface area contributed by atoms with Crippen molar-refractivity contribution < 1.29 is 0 Å². The van der Waals surface area contributed by atoms with E-state index in [4.69, 9.17) is 5.73 Å². The second kappa shape index (κ2) is 8.07. The summed E-state index contributed by atoms with van der Waals surface area (Å²) in [6.45, 7) is 3.40. The number of hydrogen-bond acceptors (Lipinski definition) is 4. The molecule has 0 amide bonds. The van der Waals surface area contributed by atoms with E-state index < -0.39 is 0 Å². The van der Waals surface area contributed by atoms with Gasteiger partial charge in [-0.3, -0.25) is 0 Å². The van der Waals surface area contributed by atoms with Crippen LogP contribution in [0.3, 0.4) is 0 Å². The van der Waals surface area contributed by atoms with Crippen LogP contribution in [-0.2, 0) is 13.0 Å². The Balaban J connectivity index is 1.71. The van der Waals surface area contributed by atoms with Crippen molar-refractivity contribution in [2.45, 2.75) is 37.9 Å².